The average Bonchev–Trinajstić information content (AvgIpc) is 3.80. The molecule has 12 heteroatoms. The van der Waals surface area contributed by atoms with Crippen LogP contribution in [0.25, 0.3) is 11.0 Å². The first-order chi connectivity index (χ1) is 20.9. The smallest absolute Gasteiger partial charge is 0.251 e. The number of furan rings is 1. The van der Waals surface area contributed by atoms with Crippen LogP contribution >= 0.6 is 0 Å². The summed E-state index contributed by atoms with van der Waals surface area (Å²) in [6.07, 6.45) is 10.0. The van der Waals surface area contributed by atoms with Crippen molar-refractivity contribution in [1.82, 2.24) is 25.0 Å². The number of benzene rings is 2. The Kier molecular flexibility index (Phi) is 8.57. The van der Waals surface area contributed by atoms with Crippen molar-refractivity contribution >= 4 is 38.6 Å². The van der Waals surface area contributed by atoms with Crippen molar-refractivity contribution < 1.29 is 22.4 Å². The van der Waals surface area contributed by atoms with Gasteiger partial charge < -0.3 is 9.73 Å². The third kappa shape index (κ3) is 6.50. The Morgan fingerprint density at radius 1 is 0.907 bits per heavy atom. The maximum atomic E-state index is 14.2. The van der Waals surface area contributed by atoms with Crippen molar-refractivity contribution in [3.05, 3.63) is 72.7 Å². The molecule has 6 rings (SSSR count). The minimum absolute atomic E-state index is 0.00380. The molecule has 43 heavy (non-hydrogen) atoms. The molecular formula is C31H36N6O5S. The number of carbonyl (C=O) groups excluding carboxylic acids is 2. The highest BCUT2D eigenvalue weighted by molar-refractivity contribution is 7.89. The first-order valence-corrected chi connectivity index (χ1v) is 16.4. The quantitative estimate of drug-likeness (QED) is 0.272. The zero-order valence-electron chi connectivity index (χ0n) is 23.9. The fraction of sp³-hybridized carbons (Fsp3) is 0.419. The lowest BCUT2D eigenvalue weighted by Crippen LogP contribution is -2.48. The summed E-state index contributed by atoms with van der Waals surface area (Å²) in [5, 5.41) is 11.5. The third-order valence-electron chi connectivity index (χ3n) is 8.35. The van der Waals surface area contributed by atoms with Crippen LogP contribution in [0.15, 0.2) is 76.2 Å². The summed E-state index contributed by atoms with van der Waals surface area (Å²) in [4.78, 5) is 29.6. The molecule has 226 valence electrons. The third-order valence-corrected chi connectivity index (χ3v) is 9.88. The number of nitrogens with zero attached hydrogens (tertiary/aromatic N) is 4. The van der Waals surface area contributed by atoms with Crippen LogP contribution in [0.2, 0.25) is 0 Å². The van der Waals surface area contributed by atoms with Crippen molar-refractivity contribution in [2.75, 3.05) is 4.90 Å². The van der Waals surface area contributed by atoms with E-state index in [1.54, 1.807) is 24.3 Å². The van der Waals surface area contributed by atoms with E-state index in [9.17, 15) is 18.0 Å². The van der Waals surface area contributed by atoms with Gasteiger partial charge in [0.05, 0.1) is 16.7 Å². The van der Waals surface area contributed by atoms with Crippen LogP contribution in [-0.2, 0) is 26.2 Å². The van der Waals surface area contributed by atoms with Crippen LogP contribution in [0.1, 0.15) is 69.6 Å². The van der Waals surface area contributed by atoms with Gasteiger partial charge in [0, 0.05) is 17.8 Å². The number of hydrogen-bond acceptors (Lipinski definition) is 7. The molecule has 2 heterocycles. The van der Waals surface area contributed by atoms with E-state index in [-0.39, 0.29) is 29.4 Å². The number of sulfonamides is 1. The van der Waals surface area contributed by atoms with Gasteiger partial charge in [-0.2, -0.15) is 0 Å². The Balaban J connectivity index is 1.35. The van der Waals surface area contributed by atoms with E-state index < -0.39 is 22.0 Å². The molecular weight excluding hydrogens is 568 g/mol. The number of amides is 2. The van der Waals surface area contributed by atoms with Gasteiger partial charge in [-0.15, -0.1) is 5.10 Å². The summed E-state index contributed by atoms with van der Waals surface area (Å²) in [6, 6.07) is 15.5. The highest BCUT2D eigenvalue weighted by Gasteiger charge is 2.36. The largest absolute Gasteiger partial charge is 0.467 e. The maximum absolute atomic E-state index is 14.2. The highest BCUT2D eigenvalue weighted by atomic mass is 32.2. The van der Waals surface area contributed by atoms with Crippen LogP contribution < -0.4 is 14.9 Å². The molecule has 2 saturated carbocycles. The minimum Gasteiger partial charge on any atom is -0.467 e. The molecule has 2 fully saturated rings. The molecule has 0 unspecified atom stereocenters. The maximum Gasteiger partial charge on any atom is 0.251 e. The number of fused-ring (bicyclic) bond motifs is 1. The summed E-state index contributed by atoms with van der Waals surface area (Å²) in [7, 11) is -3.74. The molecule has 2 aliphatic carbocycles. The van der Waals surface area contributed by atoms with Gasteiger partial charge in [0.2, 0.25) is 15.9 Å². The summed E-state index contributed by atoms with van der Waals surface area (Å²) in [5.41, 5.74) is 1.68. The second-order valence-electron chi connectivity index (χ2n) is 11.4. The zero-order valence-corrected chi connectivity index (χ0v) is 24.7. The molecule has 2 aromatic heterocycles. The van der Waals surface area contributed by atoms with Crippen molar-refractivity contribution in [2.45, 2.75) is 87.4 Å². The number of hydrogen-bond donors (Lipinski definition) is 2. The topological polar surface area (TPSA) is 139 Å². The van der Waals surface area contributed by atoms with Crippen molar-refractivity contribution in [3.63, 3.8) is 0 Å². The monoisotopic (exact) mass is 604 g/mol. The summed E-state index contributed by atoms with van der Waals surface area (Å²) < 4.78 is 36.2. The molecule has 2 amide bonds. The van der Waals surface area contributed by atoms with Crippen LogP contribution in [0.4, 0.5) is 5.69 Å². The lowest BCUT2D eigenvalue weighted by Gasteiger charge is -2.32. The van der Waals surface area contributed by atoms with E-state index in [1.165, 1.54) is 28.0 Å². The molecule has 0 saturated heterocycles. The van der Waals surface area contributed by atoms with Crippen molar-refractivity contribution in [2.24, 2.45) is 0 Å². The van der Waals surface area contributed by atoms with Gasteiger partial charge >= 0.3 is 0 Å². The number of aromatic nitrogens is 3. The first-order valence-electron chi connectivity index (χ1n) is 15.0. The van der Waals surface area contributed by atoms with Crippen molar-refractivity contribution in [1.29, 1.82) is 0 Å². The number of para-hydroxylation sites is 1. The summed E-state index contributed by atoms with van der Waals surface area (Å²) >= 11 is 0. The standard InChI is InChI=1S/C31H36N6O5S/c38-29(21-36-27-14-7-6-13-26(27)33-35-36)37(24-16-18-25(19-17-24)43(40,41)34-23-11-4-5-12-23)30(28-15-8-20-42-28)31(39)32-22-9-2-1-3-10-22/h6-8,13-20,22-23,30,34H,1-5,9-12,21H2,(H,32,39)/t30-/m1/s1. The second kappa shape index (κ2) is 12.7. The fourth-order valence-electron chi connectivity index (χ4n) is 6.14. The second-order valence-corrected chi connectivity index (χ2v) is 13.1. The number of nitrogens with one attached hydrogen (secondary N) is 2. The Bertz CT molecular complexity index is 1660. The Labute approximate surface area is 250 Å². The molecule has 0 aliphatic heterocycles. The van der Waals surface area contributed by atoms with E-state index in [2.05, 4.69) is 20.4 Å². The summed E-state index contributed by atoms with van der Waals surface area (Å²) in [5.74, 6) is -0.501. The van der Waals surface area contributed by atoms with Gasteiger partial charge in [-0.3, -0.25) is 14.5 Å². The zero-order chi connectivity index (χ0) is 29.8. The minimum atomic E-state index is -3.74. The molecule has 0 radical (unpaired) electrons. The SMILES string of the molecule is O=C(NC1CCCCC1)[C@@H](c1ccco1)N(C(=O)Cn1nnc2ccccc21)c1ccc(S(=O)(=O)NC2CCCC2)cc1. The van der Waals surface area contributed by atoms with Crippen LogP contribution in [0.3, 0.4) is 0 Å². The Morgan fingerprint density at radius 3 is 2.33 bits per heavy atom. The van der Waals surface area contributed by atoms with E-state index >= 15 is 0 Å². The molecule has 1 atom stereocenters. The fourth-order valence-corrected chi connectivity index (χ4v) is 7.45. The predicted octanol–water partition coefficient (Wildman–Crippen LogP) is 4.47. The van der Waals surface area contributed by atoms with E-state index in [0.717, 1.165) is 57.8 Å². The van der Waals surface area contributed by atoms with E-state index in [0.29, 0.717) is 22.5 Å². The Hall–Kier alpha value is -4.03. The van der Waals surface area contributed by atoms with E-state index in [1.807, 2.05) is 24.3 Å². The first kappa shape index (κ1) is 29.1. The molecule has 2 N–H and O–H groups in total. The predicted molar refractivity (Wildman–Crippen MR) is 160 cm³/mol. The number of rotatable bonds is 10. The van der Waals surface area contributed by atoms with Gasteiger partial charge in [-0.1, -0.05) is 49.5 Å². The van der Waals surface area contributed by atoms with E-state index in [4.69, 9.17) is 4.42 Å². The van der Waals surface area contributed by atoms with Crippen molar-refractivity contribution in [3.8, 4) is 0 Å². The normalized spacial score (nSPS) is 17.2. The average molecular weight is 605 g/mol. The van der Waals surface area contributed by atoms with Crippen LogP contribution in [0, 0.1) is 0 Å². The highest BCUT2D eigenvalue weighted by Crippen LogP contribution is 2.31. The molecule has 2 aromatic carbocycles. The van der Waals surface area contributed by atoms with Crippen LogP contribution in [0.5, 0.6) is 0 Å². The van der Waals surface area contributed by atoms with Gasteiger partial charge in [-0.05, 0) is 74.2 Å². The number of carbonyl (C=O) groups is 2. The van der Waals surface area contributed by atoms with Gasteiger partial charge in [0.1, 0.15) is 17.8 Å². The lowest BCUT2D eigenvalue weighted by molar-refractivity contribution is -0.128. The molecule has 2 aliphatic rings. The van der Waals surface area contributed by atoms with Gasteiger partial charge in [-0.25, -0.2) is 17.8 Å². The van der Waals surface area contributed by atoms with Gasteiger partial charge in [0.15, 0.2) is 6.04 Å². The molecule has 0 bridgehead atoms. The summed E-state index contributed by atoms with van der Waals surface area (Å²) in [6.45, 7) is -0.197. The van der Waals surface area contributed by atoms with Crippen LogP contribution in [-0.4, -0.2) is 47.3 Å². The molecule has 0 spiro atoms. The number of anilines is 1. The lowest BCUT2D eigenvalue weighted by atomic mass is 9.95. The Morgan fingerprint density at radius 2 is 1.60 bits per heavy atom. The molecule has 4 aromatic rings. The molecule has 11 nitrogen and oxygen atoms in total. The van der Waals surface area contributed by atoms with Gasteiger partial charge in [0.25, 0.3) is 5.91 Å².